The van der Waals surface area contributed by atoms with Gasteiger partial charge in [0.1, 0.15) is 0 Å². The first-order chi connectivity index (χ1) is 12.4. The molecule has 0 saturated heterocycles. The van der Waals surface area contributed by atoms with Crippen molar-refractivity contribution in [1.29, 1.82) is 0 Å². The molecule has 0 atom stereocenters. The van der Waals surface area contributed by atoms with Gasteiger partial charge in [0.05, 0.1) is 32.8 Å². The van der Waals surface area contributed by atoms with Gasteiger partial charge in [-0.15, -0.1) is 5.10 Å². The maximum Gasteiger partial charge on any atom is 0.278 e. The van der Waals surface area contributed by atoms with E-state index < -0.39 is 0 Å². The molecule has 0 unspecified atom stereocenters. The predicted molar refractivity (Wildman–Crippen MR) is 105 cm³/mol. The third-order valence-corrected chi connectivity index (χ3v) is 4.50. The van der Waals surface area contributed by atoms with Gasteiger partial charge in [-0.05, 0) is 31.2 Å². The monoisotopic (exact) mass is 389 g/mol. The van der Waals surface area contributed by atoms with E-state index in [1.54, 1.807) is 35.9 Å². The molecule has 0 saturated carbocycles. The molecule has 1 heterocycles. The molecule has 26 heavy (non-hydrogen) atoms. The number of halogens is 2. The predicted octanol–water partition coefficient (Wildman–Crippen LogP) is 4.20. The molecule has 134 valence electrons. The second kappa shape index (κ2) is 7.35. The van der Waals surface area contributed by atoms with Gasteiger partial charge in [0, 0.05) is 14.1 Å². The van der Waals surface area contributed by atoms with E-state index >= 15 is 0 Å². The van der Waals surface area contributed by atoms with E-state index in [1.807, 2.05) is 37.2 Å². The van der Waals surface area contributed by atoms with Crippen LogP contribution in [0, 0.1) is 6.92 Å². The number of amides is 1. The lowest BCUT2D eigenvalue weighted by Crippen LogP contribution is -2.18. The number of hydrogen-bond donors (Lipinski definition) is 1. The summed E-state index contributed by atoms with van der Waals surface area (Å²) < 4.78 is 1.54. The summed E-state index contributed by atoms with van der Waals surface area (Å²) in [4.78, 5) is 14.6. The molecular formula is C18H17Cl2N5O. The van der Waals surface area contributed by atoms with Gasteiger partial charge in [-0.2, -0.15) is 0 Å². The summed E-state index contributed by atoms with van der Waals surface area (Å²) in [7, 11) is 3.71. The summed E-state index contributed by atoms with van der Waals surface area (Å²) in [5.41, 5.74) is 2.78. The highest BCUT2D eigenvalue weighted by Gasteiger charge is 2.20. The quantitative estimate of drug-likeness (QED) is 0.725. The molecular weight excluding hydrogens is 373 g/mol. The zero-order chi connectivity index (χ0) is 18.8. The summed E-state index contributed by atoms with van der Waals surface area (Å²) in [5, 5.41) is 12.0. The number of anilines is 2. The maximum absolute atomic E-state index is 12.7. The second-order valence-electron chi connectivity index (χ2n) is 5.87. The van der Waals surface area contributed by atoms with Gasteiger partial charge >= 0.3 is 0 Å². The normalized spacial score (nSPS) is 10.7. The van der Waals surface area contributed by atoms with E-state index in [1.165, 1.54) is 0 Å². The van der Waals surface area contributed by atoms with Gasteiger partial charge in [-0.3, -0.25) is 4.79 Å². The third kappa shape index (κ3) is 3.38. The van der Waals surface area contributed by atoms with Crippen molar-refractivity contribution in [3.63, 3.8) is 0 Å². The van der Waals surface area contributed by atoms with Gasteiger partial charge in [0.2, 0.25) is 0 Å². The molecule has 0 aliphatic heterocycles. The van der Waals surface area contributed by atoms with Crippen LogP contribution in [-0.2, 0) is 0 Å². The van der Waals surface area contributed by atoms with Crippen LogP contribution < -0.4 is 10.2 Å². The van der Waals surface area contributed by atoms with E-state index in [2.05, 4.69) is 15.6 Å². The first-order valence-electron chi connectivity index (χ1n) is 7.84. The van der Waals surface area contributed by atoms with Crippen LogP contribution >= 0.6 is 23.2 Å². The first kappa shape index (κ1) is 18.2. The Balaban J connectivity index is 1.94. The van der Waals surface area contributed by atoms with Crippen molar-refractivity contribution in [2.24, 2.45) is 0 Å². The molecule has 6 nitrogen and oxygen atoms in total. The van der Waals surface area contributed by atoms with E-state index in [0.29, 0.717) is 27.1 Å². The zero-order valence-electron chi connectivity index (χ0n) is 14.5. The Kier molecular flexibility index (Phi) is 5.15. The van der Waals surface area contributed by atoms with Crippen LogP contribution in [0.15, 0.2) is 42.5 Å². The van der Waals surface area contributed by atoms with Crippen LogP contribution in [0.2, 0.25) is 10.0 Å². The lowest BCUT2D eigenvalue weighted by molar-refractivity contribution is 0.102. The lowest BCUT2D eigenvalue weighted by Gasteiger charge is -2.19. The molecule has 0 radical (unpaired) electrons. The number of carbonyl (C=O) groups excluding carboxylic acids is 1. The highest BCUT2D eigenvalue weighted by molar-refractivity contribution is 6.34. The molecule has 0 aliphatic rings. The van der Waals surface area contributed by atoms with Crippen molar-refractivity contribution in [3.05, 3.63) is 63.9 Å². The van der Waals surface area contributed by atoms with Crippen molar-refractivity contribution in [2.75, 3.05) is 24.3 Å². The van der Waals surface area contributed by atoms with Crippen LogP contribution in [0.4, 0.5) is 11.4 Å². The largest absolute Gasteiger partial charge is 0.375 e. The van der Waals surface area contributed by atoms with Crippen molar-refractivity contribution in [1.82, 2.24) is 15.0 Å². The number of carbonyl (C=O) groups is 1. The Morgan fingerprint density at radius 1 is 1.08 bits per heavy atom. The molecule has 3 rings (SSSR count). The lowest BCUT2D eigenvalue weighted by atomic mass is 10.2. The molecule has 2 aromatic carbocycles. The standard InChI is InChI=1S/C18H17Cl2N5O/c1-11-16(22-23-25(11)15-10-5-4-7-12(15)19)18(26)21-14-9-6-8-13(20)17(14)24(2)3/h4-10H,1-3H3,(H,21,26). The summed E-state index contributed by atoms with van der Waals surface area (Å²) in [5.74, 6) is -0.369. The minimum Gasteiger partial charge on any atom is -0.375 e. The SMILES string of the molecule is Cc1c(C(=O)Nc2cccc(Cl)c2N(C)C)nnn1-c1ccccc1Cl. The third-order valence-electron chi connectivity index (χ3n) is 3.87. The average Bonchev–Trinajstić information content (AvgIpc) is 2.96. The molecule has 0 aliphatic carbocycles. The number of rotatable bonds is 4. The van der Waals surface area contributed by atoms with Crippen LogP contribution in [-0.4, -0.2) is 35.0 Å². The molecule has 0 fully saturated rings. The van der Waals surface area contributed by atoms with Gasteiger partial charge < -0.3 is 10.2 Å². The molecule has 1 amide bonds. The van der Waals surface area contributed by atoms with Gasteiger partial charge in [0.25, 0.3) is 5.91 Å². The summed E-state index contributed by atoms with van der Waals surface area (Å²) >= 11 is 12.5. The number of aromatic nitrogens is 3. The van der Waals surface area contributed by atoms with Crippen LogP contribution in [0.5, 0.6) is 0 Å². The fraction of sp³-hybridized carbons (Fsp3) is 0.167. The summed E-state index contributed by atoms with van der Waals surface area (Å²) in [6, 6.07) is 12.6. The minimum atomic E-state index is -0.369. The first-order valence-corrected chi connectivity index (χ1v) is 8.60. The zero-order valence-corrected chi connectivity index (χ0v) is 16.0. The smallest absolute Gasteiger partial charge is 0.278 e. The van der Waals surface area contributed by atoms with E-state index in [0.717, 1.165) is 5.69 Å². The Morgan fingerprint density at radius 2 is 1.77 bits per heavy atom. The molecule has 0 spiro atoms. The summed E-state index contributed by atoms with van der Waals surface area (Å²) in [6.07, 6.45) is 0. The fourth-order valence-corrected chi connectivity index (χ4v) is 3.20. The number of nitrogens with zero attached hydrogens (tertiary/aromatic N) is 4. The van der Waals surface area contributed by atoms with Crippen molar-refractivity contribution in [2.45, 2.75) is 6.92 Å². The second-order valence-corrected chi connectivity index (χ2v) is 6.69. The molecule has 0 bridgehead atoms. The van der Waals surface area contributed by atoms with E-state index in [4.69, 9.17) is 23.2 Å². The molecule has 3 aromatic rings. The Bertz CT molecular complexity index is 968. The average molecular weight is 390 g/mol. The molecule has 1 N–H and O–H groups in total. The number of benzene rings is 2. The highest BCUT2D eigenvalue weighted by atomic mass is 35.5. The minimum absolute atomic E-state index is 0.217. The molecule has 8 heteroatoms. The summed E-state index contributed by atoms with van der Waals surface area (Å²) in [6.45, 7) is 1.77. The topological polar surface area (TPSA) is 63.1 Å². The van der Waals surface area contributed by atoms with E-state index in [-0.39, 0.29) is 11.6 Å². The Morgan fingerprint density at radius 3 is 2.46 bits per heavy atom. The van der Waals surface area contributed by atoms with Crippen LogP contribution in [0.3, 0.4) is 0 Å². The van der Waals surface area contributed by atoms with Crippen molar-refractivity contribution >= 4 is 40.5 Å². The van der Waals surface area contributed by atoms with Gasteiger partial charge in [0.15, 0.2) is 5.69 Å². The Labute approximate surface area is 161 Å². The Hall–Kier alpha value is -2.57. The van der Waals surface area contributed by atoms with Crippen molar-refractivity contribution < 1.29 is 4.79 Å². The van der Waals surface area contributed by atoms with Gasteiger partial charge in [-0.25, -0.2) is 4.68 Å². The van der Waals surface area contributed by atoms with E-state index in [9.17, 15) is 4.79 Å². The number of hydrogen-bond acceptors (Lipinski definition) is 4. The van der Waals surface area contributed by atoms with Crippen LogP contribution in [0.1, 0.15) is 16.2 Å². The number of para-hydroxylation sites is 2. The fourth-order valence-electron chi connectivity index (χ4n) is 2.64. The van der Waals surface area contributed by atoms with Crippen molar-refractivity contribution in [3.8, 4) is 5.69 Å². The van der Waals surface area contributed by atoms with Gasteiger partial charge in [-0.1, -0.05) is 46.6 Å². The molecule has 1 aromatic heterocycles. The highest BCUT2D eigenvalue weighted by Crippen LogP contribution is 2.32. The number of nitrogens with one attached hydrogen (secondary N) is 1. The maximum atomic E-state index is 12.7. The van der Waals surface area contributed by atoms with Crippen LogP contribution in [0.25, 0.3) is 5.69 Å².